The van der Waals surface area contributed by atoms with Crippen molar-refractivity contribution in [2.75, 3.05) is 27.3 Å². The van der Waals surface area contributed by atoms with Crippen molar-refractivity contribution in [2.24, 2.45) is 0 Å². The Labute approximate surface area is 138 Å². The van der Waals surface area contributed by atoms with Crippen LogP contribution in [0.4, 0.5) is 18.0 Å². The average molecular weight is 346 g/mol. The number of methoxy groups -OCH3 is 2. The molecule has 1 aliphatic rings. The normalized spacial score (nSPS) is 23.8. The fourth-order valence-electron chi connectivity index (χ4n) is 2.73. The highest BCUT2D eigenvalue weighted by Gasteiger charge is 2.54. The summed E-state index contributed by atoms with van der Waals surface area (Å²) in [5.41, 5.74) is -2.52. The molecule has 0 aliphatic carbocycles. The van der Waals surface area contributed by atoms with Gasteiger partial charge in [0.1, 0.15) is 12.2 Å². The third-order valence-corrected chi connectivity index (χ3v) is 4.38. The minimum Gasteiger partial charge on any atom is -0.377 e. The first-order valence-electron chi connectivity index (χ1n) is 7.48. The van der Waals surface area contributed by atoms with E-state index >= 15 is 0 Å². The van der Waals surface area contributed by atoms with Crippen LogP contribution in [0.5, 0.6) is 0 Å². The van der Waals surface area contributed by atoms with E-state index in [0.29, 0.717) is 0 Å². The molecule has 0 radical (unpaired) electrons. The Balaban J connectivity index is 2.21. The number of hydrogen-bond acceptors (Lipinski definition) is 3. The standard InChI is InChI=1S/C16H21F3N2O3/c1-15(16(17,18)19,11-7-5-4-6-8-11)20-14(22)21-9-12(23-2)13(10-21)24-3/h4-8,12-13H,9-10H2,1-3H3,(H,20,22)/t12-,13+,15?. The molecule has 1 aliphatic heterocycles. The lowest BCUT2D eigenvalue weighted by atomic mass is 9.91. The van der Waals surface area contributed by atoms with E-state index in [1.807, 2.05) is 0 Å². The molecule has 5 nitrogen and oxygen atoms in total. The molecule has 3 atom stereocenters. The van der Waals surface area contributed by atoms with Crippen LogP contribution in [0.2, 0.25) is 0 Å². The fourth-order valence-corrected chi connectivity index (χ4v) is 2.73. The van der Waals surface area contributed by atoms with Crippen LogP contribution in [0.25, 0.3) is 0 Å². The summed E-state index contributed by atoms with van der Waals surface area (Å²) in [7, 11) is 2.95. The van der Waals surface area contributed by atoms with Crippen LogP contribution in [0.3, 0.4) is 0 Å². The van der Waals surface area contributed by atoms with Crippen LogP contribution in [0.15, 0.2) is 30.3 Å². The molecule has 1 saturated heterocycles. The SMILES string of the molecule is CO[C@H]1CN(C(=O)NC(C)(c2ccccc2)C(F)(F)F)C[C@H]1OC. The van der Waals surface area contributed by atoms with E-state index in [2.05, 4.69) is 5.32 Å². The minimum atomic E-state index is -4.65. The lowest BCUT2D eigenvalue weighted by Crippen LogP contribution is -2.57. The van der Waals surface area contributed by atoms with Gasteiger partial charge in [-0.05, 0) is 12.5 Å². The van der Waals surface area contributed by atoms with Crippen LogP contribution in [0.1, 0.15) is 12.5 Å². The van der Waals surface area contributed by atoms with E-state index in [0.717, 1.165) is 6.92 Å². The number of carbonyl (C=O) groups is 1. The van der Waals surface area contributed by atoms with Gasteiger partial charge in [-0.25, -0.2) is 4.79 Å². The monoisotopic (exact) mass is 346 g/mol. The van der Waals surface area contributed by atoms with Gasteiger partial charge in [-0.2, -0.15) is 13.2 Å². The van der Waals surface area contributed by atoms with Gasteiger partial charge >= 0.3 is 12.2 Å². The number of alkyl halides is 3. The maximum absolute atomic E-state index is 13.6. The zero-order chi connectivity index (χ0) is 18.0. The van der Waals surface area contributed by atoms with Gasteiger partial charge in [-0.3, -0.25) is 0 Å². The van der Waals surface area contributed by atoms with Crippen molar-refractivity contribution in [1.29, 1.82) is 0 Å². The number of nitrogens with zero attached hydrogens (tertiary/aromatic N) is 1. The summed E-state index contributed by atoms with van der Waals surface area (Å²) in [5, 5.41) is 2.13. The molecule has 1 fully saturated rings. The van der Waals surface area contributed by atoms with Crippen molar-refractivity contribution in [1.82, 2.24) is 10.2 Å². The van der Waals surface area contributed by atoms with Gasteiger partial charge < -0.3 is 19.7 Å². The molecular weight excluding hydrogens is 325 g/mol. The predicted octanol–water partition coefficient (Wildman–Crippen LogP) is 2.52. The van der Waals surface area contributed by atoms with Crippen LogP contribution >= 0.6 is 0 Å². The minimum absolute atomic E-state index is 0.0309. The molecule has 134 valence electrons. The lowest BCUT2D eigenvalue weighted by molar-refractivity contribution is -0.192. The van der Waals surface area contributed by atoms with Crippen molar-refractivity contribution in [3.8, 4) is 0 Å². The highest BCUT2D eigenvalue weighted by Crippen LogP contribution is 2.38. The topological polar surface area (TPSA) is 50.8 Å². The predicted molar refractivity (Wildman–Crippen MR) is 81.5 cm³/mol. The first kappa shape index (κ1) is 18.5. The number of likely N-dealkylation sites (tertiary alicyclic amines) is 1. The van der Waals surface area contributed by atoms with E-state index in [4.69, 9.17) is 9.47 Å². The number of halogens is 3. The second-order valence-electron chi connectivity index (χ2n) is 5.87. The van der Waals surface area contributed by atoms with Crippen molar-refractivity contribution in [3.63, 3.8) is 0 Å². The molecule has 8 heteroatoms. The van der Waals surface area contributed by atoms with Crippen molar-refractivity contribution >= 4 is 6.03 Å². The van der Waals surface area contributed by atoms with Crippen LogP contribution < -0.4 is 5.32 Å². The number of benzene rings is 1. The van der Waals surface area contributed by atoms with E-state index in [9.17, 15) is 18.0 Å². The molecule has 1 N–H and O–H groups in total. The molecule has 0 bridgehead atoms. The van der Waals surface area contributed by atoms with Gasteiger partial charge in [0, 0.05) is 14.2 Å². The summed E-state index contributed by atoms with van der Waals surface area (Å²) in [6.07, 6.45) is -5.38. The summed E-state index contributed by atoms with van der Waals surface area (Å²) in [5.74, 6) is 0. The van der Waals surface area contributed by atoms with E-state index in [1.54, 1.807) is 6.07 Å². The number of nitrogens with one attached hydrogen (secondary N) is 1. The van der Waals surface area contributed by atoms with Crippen molar-refractivity contribution in [2.45, 2.75) is 30.8 Å². The summed E-state index contributed by atoms with van der Waals surface area (Å²) < 4.78 is 51.3. The van der Waals surface area contributed by atoms with E-state index in [-0.39, 0.29) is 30.9 Å². The third-order valence-electron chi connectivity index (χ3n) is 4.38. The Morgan fingerprint density at radius 2 is 1.62 bits per heavy atom. The second kappa shape index (κ2) is 6.98. The average Bonchev–Trinajstić information content (AvgIpc) is 2.98. The van der Waals surface area contributed by atoms with Gasteiger partial charge in [0.25, 0.3) is 0 Å². The largest absolute Gasteiger partial charge is 0.415 e. The van der Waals surface area contributed by atoms with Gasteiger partial charge in [-0.15, -0.1) is 0 Å². The molecule has 2 rings (SSSR count). The highest BCUT2D eigenvalue weighted by atomic mass is 19.4. The zero-order valence-electron chi connectivity index (χ0n) is 13.8. The number of rotatable bonds is 4. The number of urea groups is 1. The molecule has 0 spiro atoms. The second-order valence-corrected chi connectivity index (χ2v) is 5.87. The highest BCUT2D eigenvalue weighted by molar-refractivity contribution is 5.76. The Hall–Kier alpha value is -1.80. The number of ether oxygens (including phenoxy) is 2. The maximum Gasteiger partial charge on any atom is 0.415 e. The molecule has 0 saturated carbocycles. The van der Waals surface area contributed by atoms with Gasteiger partial charge in [0.05, 0.1) is 13.1 Å². The summed E-state index contributed by atoms with van der Waals surface area (Å²) in [4.78, 5) is 13.7. The van der Waals surface area contributed by atoms with E-state index in [1.165, 1.54) is 43.4 Å². The molecule has 1 heterocycles. The Morgan fingerprint density at radius 3 is 2.04 bits per heavy atom. The summed E-state index contributed by atoms with van der Waals surface area (Å²) >= 11 is 0. The zero-order valence-corrected chi connectivity index (χ0v) is 13.8. The van der Waals surface area contributed by atoms with Gasteiger partial charge in [-0.1, -0.05) is 30.3 Å². The van der Waals surface area contributed by atoms with Gasteiger partial charge in [0.15, 0.2) is 5.54 Å². The smallest absolute Gasteiger partial charge is 0.377 e. The fraction of sp³-hybridized carbons (Fsp3) is 0.562. The third kappa shape index (κ3) is 3.49. The van der Waals surface area contributed by atoms with Crippen LogP contribution in [-0.2, 0) is 15.0 Å². The van der Waals surface area contributed by atoms with E-state index < -0.39 is 17.7 Å². The number of hydrogen-bond donors (Lipinski definition) is 1. The first-order chi connectivity index (χ1) is 11.2. The Kier molecular flexibility index (Phi) is 5.39. The molecule has 1 aromatic rings. The molecule has 2 amide bonds. The molecule has 0 aromatic heterocycles. The van der Waals surface area contributed by atoms with Gasteiger partial charge in [0.2, 0.25) is 0 Å². The molecule has 24 heavy (non-hydrogen) atoms. The number of amides is 2. The molecule has 1 aromatic carbocycles. The maximum atomic E-state index is 13.6. The first-order valence-corrected chi connectivity index (χ1v) is 7.48. The summed E-state index contributed by atoms with van der Waals surface area (Å²) in [6.45, 7) is 1.30. The van der Waals surface area contributed by atoms with Crippen LogP contribution in [0, 0.1) is 0 Å². The quantitative estimate of drug-likeness (QED) is 0.911. The lowest BCUT2D eigenvalue weighted by Gasteiger charge is -2.35. The van der Waals surface area contributed by atoms with Crippen LogP contribution in [-0.4, -0.2) is 56.6 Å². The Bertz CT molecular complexity index is 555. The molecular formula is C16H21F3N2O3. The summed E-state index contributed by atoms with van der Waals surface area (Å²) in [6, 6.07) is 6.50. The van der Waals surface area contributed by atoms with Crippen molar-refractivity contribution in [3.05, 3.63) is 35.9 Å². The number of carbonyl (C=O) groups excluding carboxylic acids is 1. The molecule has 1 unspecified atom stereocenters. The Morgan fingerprint density at radius 1 is 1.12 bits per heavy atom. The van der Waals surface area contributed by atoms with Crippen molar-refractivity contribution < 1.29 is 27.4 Å².